The lowest BCUT2D eigenvalue weighted by Gasteiger charge is -2.25. The SMILES string of the molecule is CN(C)CCCNC(=O)C1COc2ccccc2O1. The van der Waals surface area contributed by atoms with E-state index < -0.39 is 6.10 Å². The summed E-state index contributed by atoms with van der Waals surface area (Å²) in [5, 5.41) is 2.87. The van der Waals surface area contributed by atoms with Crippen molar-refractivity contribution in [3.63, 3.8) is 0 Å². The van der Waals surface area contributed by atoms with E-state index in [9.17, 15) is 4.79 Å². The summed E-state index contributed by atoms with van der Waals surface area (Å²) in [7, 11) is 4.02. The Morgan fingerprint density at radius 3 is 2.84 bits per heavy atom. The molecule has 0 fully saturated rings. The first-order chi connectivity index (χ1) is 9.16. The molecule has 19 heavy (non-hydrogen) atoms. The lowest BCUT2D eigenvalue weighted by Crippen LogP contribution is -2.44. The van der Waals surface area contributed by atoms with Gasteiger partial charge in [-0.15, -0.1) is 0 Å². The Kier molecular flexibility index (Phi) is 4.63. The number of carbonyl (C=O) groups excluding carboxylic acids is 1. The van der Waals surface area contributed by atoms with E-state index in [-0.39, 0.29) is 12.5 Å². The molecule has 1 aromatic rings. The van der Waals surface area contributed by atoms with Gasteiger partial charge in [0.2, 0.25) is 6.10 Å². The van der Waals surface area contributed by atoms with Gasteiger partial charge in [-0.2, -0.15) is 0 Å². The van der Waals surface area contributed by atoms with Crippen molar-refractivity contribution >= 4 is 5.91 Å². The Labute approximate surface area is 113 Å². The highest BCUT2D eigenvalue weighted by Crippen LogP contribution is 2.30. The fourth-order valence-corrected chi connectivity index (χ4v) is 1.87. The molecule has 1 N–H and O–H groups in total. The zero-order chi connectivity index (χ0) is 13.7. The second-order valence-corrected chi connectivity index (χ2v) is 4.81. The van der Waals surface area contributed by atoms with Crippen LogP contribution in [-0.4, -0.2) is 50.7 Å². The van der Waals surface area contributed by atoms with Crippen molar-refractivity contribution in [2.24, 2.45) is 0 Å². The van der Waals surface area contributed by atoms with Gasteiger partial charge in [0.15, 0.2) is 11.5 Å². The number of fused-ring (bicyclic) bond motifs is 1. The van der Waals surface area contributed by atoms with E-state index in [4.69, 9.17) is 9.47 Å². The van der Waals surface area contributed by atoms with Gasteiger partial charge >= 0.3 is 0 Å². The molecule has 104 valence electrons. The van der Waals surface area contributed by atoms with Gasteiger partial charge in [-0.25, -0.2) is 0 Å². The van der Waals surface area contributed by atoms with Crippen LogP contribution in [0.1, 0.15) is 6.42 Å². The Balaban J connectivity index is 1.79. The number of carbonyl (C=O) groups is 1. The molecule has 0 saturated carbocycles. The number of ether oxygens (including phenoxy) is 2. The molecule has 5 heteroatoms. The van der Waals surface area contributed by atoms with E-state index in [0.717, 1.165) is 13.0 Å². The smallest absolute Gasteiger partial charge is 0.264 e. The largest absolute Gasteiger partial charge is 0.485 e. The van der Waals surface area contributed by atoms with Crippen molar-refractivity contribution in [3.8, 4) is 11.5 Å². The van der Waals surface area contributed by atoms with E-state index in [2.05, 4.69) is 10.2 Å². The summed E-state index contributed by atoms with van der Waals surface area (Å²) in [6.45, 7) is 1.86. The molecule has 1 amide bonds. The normalized spacial score (nSPS) is 17.3. The number of amides is 1. The van der Waals surface area contributed by atoms with Crippen LogP contribution in [0.5, 0.6) is 11.5 Å². The van der Waals surface area contributed by atoms with Crippen LogP contribution in [0.2, 0.25) is 0 Å². The van der Waals surface area contributed by atoms with Crippen LogP contribution in [0.25, 0.3) is 0 Å². The van der Waals surface area contributed by atoms with Crippen molar-refractivity contribution in [1.29, 1.82) is 0 Å². The molecule has 1 aliphatic rings. The fourth-order valence-electron chi connectivity index (χ4n) is 1.87. The van der Waals surface area contributed by atoms with Crippen molar-refractivity contribution < 1.29 is 14.3 Å². The maximum Gasteiger partial charge on any atom is 0.264 e. The second-order valence-electron chi connectivity index (χ2n) is 4.81. The average molecular weight is 264 g/mol. The number of nitrogens with zero attached hydrogens (tertiary/aromatic N) is 1. The molecule has 0 spiro atoms. The summed E-state index contributed by atoms with van der Waals surface area (Å²) in [5.41, 5.74) is 0. The van der Waals surface area contributed by atoms with Gasteiger partial charge in [0.05, 0.1) is 0 Å². The number of hydrogen-bond donors (Lipinski definition) is 1. The van der Waals surface area contributed by atoms with Crippen molar-refractivity contribution in [1.82, 2.24) is 10.2 Å². The number of benzene rings is 1. The fraction of sp³-hybridized carbons (Fsp3) is 0.500. The third-order valence-corrected chi connectivity index (χ3v) is 2.88. The van der Waals surface area contributed by atoms with Gasteiger partial charge in [-0.1, -0.05) is 12.1 Å². The molecule has 0 aliphatic carbocycles. The lowest BCUT2D eigenvalue weighted by atomic mass is 10.2. The highest BCUT2D eigenvalue weighted by atomic mass is 16.6. The van der Waals surface area contributed by atoms with Crippen molar-refractivity contribution in [2.45, 2.75) is 12.5 Å². The third kappa shape index (κ3) is 3.86. The summed E-state index contributed by atoms with van der Waals surface area (Å²) in [6, 6.07) is 7.38. The lowest BCUT2D eigenvalue weighted by molar-refractivity contribution is -0.130. The highest BCUT2D eigenvalue weighted by molar-refractivity contribution is 5.81. The summed E-state index contributed by atoms with van der Waals surface area (Å²) < 4.78 is 11.1. The minimum atomic E-state index is -0.561. The maximum absolute atomic E-state index is 11.9. The van der Waals surface area contributed by atoms with Gasteiger partial charge in [0.25, 0.3) is 5.91 Å². The summed E-state index contributed by atoms with van der Waals surface area (Å²) in [5.74, 6) is 1.20. The first kappa shape index (κ1) is 13.7. The zero-order valence-corrected chi connectivity index (χ0v) is 11.4. The van der Waals surface area contributed by atoms with Crippen molar-refractivity contribution in [3.05, 3.63) is 24.3 Å². The zero-order valence-electron chi connectivity index (χ0n) is 11.4. The van der Waals surface area contributed by atoms with Crippen LogP contribution in [0.3, 0.4) is 0 Å². The molecule has 1 atom stereocenters. The number of hydrogen-bond acceptors (Lipinski definition) is 4. The van der Waals surface area contributed by atoms with E-state index in [1.165, 1.54) is 0 Å². The van der Waals surface area contributed by atoms with Gasteiger partial charge in [0.1, 0.15) is 6.61 Å². The van der Waals surface area contributed by atoms with Gasteiger partial charge in [0, 0.05) is 6.54 Å². The summed E-state index contributed by atoms with van der Waals surface area (Å²) >= 11 is 0. The molecule has 1 aromatic carbocycles. The molecule has 0 radical (unpaired) electrons. The van der Waals surface area contributed by atoms with Crippen molar-refractivity contribution in [2.75, 3.05) is 33.8 Å². The summed E-state index contributed by atoms with van der Waals surface area (Å²) in [6.07, 6.45) is 0.359. The van der Waals surface area contributed by atoms with Crippen LogP contribution < -0.4 is 14.8 Å². The van der Waals surface area contributed by atoms with Gasteiger partial charge < -0.3 is 19.7 Å². The molecule has 0 saturated heterocycles. The quantitative estimate of drug-likeness (QED) is 0.803. The van der Waals surface area contributed by atoms with E-state index in [0.29, 0.717) is 18.0 Å². The Bertz CT molecular complexity index is 434. The molecule has 1 aliphatic heterocycles. The summed E-state index contributed by atoms with van der Waals surface area (Å²) in [4.78, 5) is 14.0. The Hall–Kier alpha value is -1.75. The predicted molar refractivity (Wildman–Crippen MR) is 72.5 cm³/mol. The minimum Gasteiger partial charge on any atom is -0.485 e. The van der Waals surface area contributed by atoms with E-state index in [1.807, 2.05) is 32.3 Å². The predicted octanol–water partition coefficient (Wildman–Crippen LogP) is 0.894. The molecular formula is C14H20N2O3. The van der Waals surface area contributed by atoms with Crippen LogP contribution in [0.15, 0.2) is 24.3 Å². The molecular weight excluding hydrogens is 244 g/mol. The Morgan fingerprint density at radius 1 is 1.37 bits per heavy atom. The minimum absolute atomic E-state index is 0.117. The van der Waals surface area contributed by atoms with Crippen LogP contribution >= 0.6 is 0 Å². The average Bonchev–Trinajstić information content (AvgIpc) is 2.42. The third-order valence-electron chi connectivity index (χ3n) is 2.88. The highest BCUT2D eigenvalue weighted by Gasteiger charge is 2.26. The Morgan fingerprint density at radius 2 is 2.11 bits per heavy atom. The number of nitrogens with one attached hydrogen (secondary N) is 1. The first-order valence-corrected chi connectivity index (χ1v) is 6.48. The number of para-hydroxylation sites is 2. The molecule has 1 unspecified atom stereocenters. The van der Waals surface area contributed by atoms with Crippen LogP contribution in [-0.2, 0) is 4.79 Å². The maximum atomic E-state index is 11.9. The van der Waals surface area contributed by atoms with E-state index in [1.54, 1.807) is 6.07 Å². The van der Waals surface area contributed by atoms with Crippen LogP contribution in [0, 0.1) is 0 Å². The standard InChI is InChI=1S/C14H20N2O3/c1-16(2)9-5-8-15-14(17)13-10-18-11-6-3-4-7-12(11)19-13/h3-4,6-7,13H,5,8-10H2,1-2H3,(H,15,17). The van der Waals surface area contributed by atoms with Gasteiger partial charge in [-0.3, -0.25) is 4.79 Å². The molecule has 0 bridgehead atoms. The van der Waals surface area contributed by atoms with E-state index >= 15 is 0 Å². The molecule has 5 nitrogen and oxygen atoms in total. The first-order valence-electron chi connectivity index (χ1n) is 6.48. The number of rotatable bonds is 5. The monoisotopic (exact) mass is 264 g/mol. The molecule has 2 rings (SSSR count). The second kappa shape index (κ2) is 6.43. The van der Waals surface area contributed by atoms with Gasteiger partial charge in [-0.05, 0) is 39.2 Å². The molecule has 1 heterocycles. The molecule has 0 aromatic heterocycles. The van der Waals surface area contributed by atoms with Crippen LogP contribution in [0.4, 0.5) is 0 Å². The topological polar surface area (TPSA) is 50.8 Å².